The maximum atomic E-state index is 14.2. The third-order valence-electron chi connectivity index (χ3n) is 5.82. The van der Waals surface area contributed by atoms with Crippen molar-refractivity contribution in [3.05, 3.63) is 94.3 Å². The monoisotopic (exact) mass is 478 g/mol. The van der Waals surface area contributed by atoms with Gasteiger partial charge in [0.2, 0.25) is 0 Å². The molecule has 1 aliphatic heterocycles. The molecule has 4 aromatic rings. The van der Waals surface area contributed by atoms with E-state index in [0.29, 0.717) is 5.82 Å². The first-order valence-corrected chi connectivity index (χ1v) is 11.1. The summed E-state index contributed by atoms with van der Waals surface area (Å²) in [4.78, 5) is 23.6. The second kappa shape index (κ2) is 9.67. The number of piperazine rings is 1. The highest BCUT2D eigenvalue weighted by Crippen LogP contribution is 2.24. The summed E-state index contributed by atoms with van der Waals surface area (Å²) in [5, 5.41) is 7.48. The van der Waals surface area contributed by atoms with Gasteiger partial charge in [-0.05, 0) is 29.8 Å². The molecule has 0 atom stereocenters. The molecule has 2 aromatic heterocycles. The fraction of sp³-hybridized carbons (Fsp3) is 0.200. The van der Waals surface area contributed by atoms with Crippen LogP contribution in [0.15, 0.2) is 65.7 Å². The second-order valence-electron chi connectivity index (χ2n) is 8.14. The lowest BCUT2D eigenvalue weighted by Crippen LogP contribution is -2.43. The van der Waals surface area contributed by atoms with E-state index in [1.54, 1.807) is 12.4 Å². The van der Waals surface area contributed by atoms with Crippen LogP contribution in [-0.4, -0.2) is 45.9 Å². The lowest BCUT2D eigenvalue weighted by Gasteiger charge is -2.28. The Morgan fingerprint density at radius 3 is 2.46 bits per heavy atom. The lowest BCUT2D eigenvalue weighted by atomic mass is 10.1. The Bertz CT molecular complexity index is 1420. The predicted octanol–water partition coefficient (Wildman–Crippen LogP) is 3.24. The highest BCUT2D eigenvalue weighted by Gasteiger charge is 2.17. The molecule has 35 heavy (non-hydrogen) atoms. The molecule has 1 aliphatic rings. The Morgan fingerprint density at radius 1 is 0.914 bits per heavy atom. The van der Waals surface area contributed by atoms with E-state index in [2.05, 4.69) is 25.3 Å². The smallest absolute Gasteiger partial charge is 0.267 e. The van der Waals surface area contributed by atoms with E-state index in [0.717, 1.165) is 59.8 Å². The van der Waals surface area contributed by atoms with Gasteiger partial charge in [-0.2, -0.15) is 5.10 Å². The van der Waals surface area contributed by atoms with Crippen LogP contribution in [0.5, 0.6) is 0 Å². The molecule has 1 fully saturated rings. The van der Waals surface area contributed by atoms with E-state index in [1.807, 2.05) is 24.3 Å². The fourth-order valence-corrected chi connectivity index (χ4v) is 3.97. The van der Waals surface area contributed by atoms with Gasteiger partial charge < -0.3 is 10.2 Å². The molecule has 0 saturated carbocycles. The van der Waals surface area contributed by atoms with Crippen molar-refractivity contribution < 1.29 is 13.2 Å². The maximum absolute atomic E-state index is 14.2. The highest BCUT2D eigenvalue weighted by atomic mass is 19.2. The number of hydrogen-bond donors (Lipinski definition) is 1. The van der Waals surface area contributed by atoms with Crippen LogP contribution in [0.3, 0.4) is 0 Å². The molecule has 0 aliphatic carbocycles. The van der Waals surface area contributed by atoms with Gasteiger partial charge in [0, 0.05) is 43.4 Å². The van der Waals surface area contributed by atoms with E-state index in [4.69, 9.17) is 0 Å². The number of aromatic nitrogens is 4. The largest absolute Gasteiger partial charge is 0.366 e. The average molecular weight is 478 g/mol. The van der Waals surface area contributed by atoms with Crippen molar-refractivity contribution in [2.75, 3.05) is 31.1 Å². The van der Waals surface area contributed by atoms with E-state index in [9.17, 15) is 18.0 Å². The van der Waals surface area contributed by atoms with Gasteiger partial charge in [0.1, 0.15) is 0 Å². The van der Waals surface area contributed by atoms with E-state index < -0.39 is 23.0 Å². The summed E-state index contributed by atoms with van der Waals surface area (Å²) in [5.41, 5.74) is 1.84. The molecule has 10 heteroatoms. The Balaban J connectivity index is 1.39. The third-order valence-corrected chi connectivity index (χ3v) is 5.82. The molecule has 0 unspecified atom stereocenters. The average Bonchev–Trinajstić information content (AvgIpc) is 2.90. The van der Waals surface area contributed by atoms with Crippen LogP contribution >= 0.6 is 0 Å². The van der Waals surface area contributed by atoms with Crippen molar-refractivity contribution >= 4 is 5.69 Å². The van der Waals surface area contributed by atoms with Crippen LogP contribution < -0.4 is 15.8 Å². The van der Waals surface area contributed by atoms with E-state index in [-0.39, 0.29) is 17.8 Å². The van der Waals surface area contributed by atoms with Gasteiger partial charge in [-0.15, -0.1) is 0 Å². The number of hydrogen-bond acceptors (Lipinski definition) is 6. The SMILES string of the molecule is O=c1ccc(-c2ccc(F)c(F)c2F)nn1Cc1cccc(-c2ncc(N3CCNCC3)cn2)c1. The standard InChI is InChI=1S/C25H21F3N6O/c26-20-5-4-19(23(27)24(20)28)21-6-7-22(35)34(32-21)15-16-2-1-3-17(12-16)25-30-13-18(14-31-25)33-10-8-29-9-11-33/h1-7,12-14,29H,8-11,15H2. The van der Waals surface area contributed by atoms with Crippen molar-refractivity contribution in [2.24, 2.45) is 0 Å². The summed E-state index contributed by atoms with van der Waals surface area (Å²) in [7, 11) is 0. The minimum atomic E-state index is -1.59. The first-order chi connectivity index (χ1) is 17.0. The molecular weight excluding hydrogens is 457 g/mol. The van der Waals surface area contributed by atoms with Crippen LogP contribution in [-0.2, 0) is 6.54 Å². The Kier molecular flexibility index (Phi) is 6.28. The summed E-state index contributed by atoms with van der Waals surface area (Å²) in [5.74, 6) is -3.69. The molecule has 178 valence electrons. The Labute approximate surface area is 198 Å². The van der Waals surface area contributed by atoms with Gasteiger partial charge in [0.25, 0.3) is 5.56 Å². The highest BCUT2D eigenvalue weighted by molar-refractivity contribution is 5.60. The molecule has 2 aromatic carbocycles. The van der Waals surface area contributed by atoms with Crippen LogP contribution in [0, 0.1) is 17.5 Å². The van der Waals surface area contributed by atoms with E-state index in [1.165, 1.54) is 12.1 Å². The number of rotatable bonds is 5. The predicted molar refractivity (Wildman–Crippen MR) is 125 cm³/mol. The van der Waals surface area contributed by atoms with Crippen LogP contribution in [0.25, 0.3) is 22.6 Å². The Hall–Kier alpha value is -4.05. The van der Waals surface area contributed by atoms with Crippen molar-refractivity contribution in [1.29, 1.82) is 0 Å². The van der Waals surface area contributed by atoms with Gasteiger partial charge in [0.15, 0.2) is 23.3 Å². The van der Waals surface area contributed by atoms with Crippen LogP contribution in [0.2, 0.25) is 0 Å². The van der Waals surface area contributed by atoms with Crippen molar-refractivity contribution in [3.8, 4) is 22.6 Å². The molecule has 0 radical (unpaired) electrons. The zero-order valence-electron chi connectivity index (χ0n) is 18.6. The zero-order valence-corrected chi connectivity index (χ0v) is 18.6. The number of halogens is 3. The number of anilines is 1. The normalized spacial score (nSPS) is 13.7. The first-order valence-electron chi connectivity index (χ1n) is 11.1. The maximum Gasteiger partial charge on any atom is 0.267 e. The van der Waals surface area contributed by atoms with Crippen molar-refractivity contribution in [3.63, 3.8) is 0 Å². The van der Waals surface area contributed by atoms with Gasteiger partial charge in [0.05, 0.1) is 30.3 Å². The second-order valence-corrected chi connectivity index (χ2v) is 8.14. The third kappa shape index (κ3) is 4.78. The van der Waals surface area contributed by atoms with Crippen LogP contribution in [0.4, 0.5) is 18.9 Å². The summed E-state index contributed by atoms with van der Waals surface area (Å²) in [6.45, 7) is 3.72. The van der Waals surface area contributed by atoms with Crippen molar-refractivity contribution in [1.82, 2.24) is 25.1 Å². The molecule has 3 heterocycles. The van der Waals surface area contributed by atoms with Gasteiger partial charge >= 0.3 is 0 Å². The van der Waals surface area contributed by atoms with Crippen molar-refractivity contribution in [2.45, 2.75) is 6.54 Å². The molecule has 7 nitrogen and oxygen atoms in total. The molecule has 0 spiro atoms. The summed E-state index contributed by atoms with van der Waals surface area (Å²) >= 11 is 0. The summed E-state index contributed by atoms with van der Waals surface area (Å²) in [6, 6.07) is 11.8. The molecular formula is C25H21F3N6O. The van der Waals surface area contributed by atoms with E-state index >= 15 is 0 Å². The molecule has 1 saturated heterocycles. The fourth-order valence-electron chi connectivity index (χ4n) is 3.97. The molecule has 0 bridgehead atoms. The topological polar surface area (TPSA) is 75.9 Å². The minimum Gasteiger partial charge on any atom is -0.366 e. The van der Waals surface area contributed by atoms with Gasteiger partial charge in [-0.1, -0.05) is 18.2 Å². The van der Waals surface area contributed by atoms with Crippen LogP contribution in [0.1, 0.15) is 5.56 Å². The molecule has 0 amide bonds. The summed E-state index contributed by atoms with van der Waals surface area (Å²) < 4.78 is 42.3. The quantitative estimate of drug-likeness (QED) is 0.444. The lowest BCUT2D eigenvalue weighted by molar-refractivity contribution is 0.448. The molecule has 5 rings (SSSR count). The summed E-state index contributed by atoms with van der Waals surface area (Å²) in [6.07, 6.45) is 3.60. The number of nitrogens with zero attached hydrogens (tertiary/aromatic N) is 5. The minimum absolute atomic E-state index is 0.0176. The number of benzene rings is 2. The first kappa shape index (κ1) is 22.7. The number of nitrogens with one attached hydrogen (secondary N) is 1. The van der Waals surface area contributed by atoms with Gasteiger partial charge in [-0.25, -0.2) is 27.8 Å². The zero-order chi connectivity index (χ0) is 24.4. The Morgan fingerprint density at radius 2 is 1.69 bits per heavy atom. The van der Waals surface area contributed by atoms with Gasteiger partial charge in [-0.3, -0.25) is 4.79 Å². The molecule has 1 N–H and O–H groups in total.